The molecule has 2 aliphatic heterocycles. The smallest absolute Gasteiger partial charge is 0.334 e. The Morgan fingerprint density at radius 2 is 1.75 bits per heavy atom. The molecule has 0 unspecified atom stereocenters. The summed E-state index contributed by atoms with van der Waals surface area (Å²) < 4.78 is 78.1. The highest BCUT2D eigenvalue weighted by atomic mass is 32.2. The summed E-state index contributed by atoms with van der Waals surface area (Å²) in [5, 5.41) is 16.6. The van der Waals surface area contributed by atoms with Crippen LogP contribution >= 0.6 is 0 Å². The van der Waals surface area contributed by atoms with Crippen LogP contribution in [0, 0.1) is 18.3 Å². The molecule has 53 heavy (non-hydrogen) atoms. The van der Waals surface area contributed by atoms with Crippen LogP contribution in [0.15, 0.2) is 101 Å². The molecule has 274 valence electrons. The van der Waals surface area contributed by atoms with Crippen molar-refractivity contribution in [2.45, 2.75) is 61.5 Å². The molecule has 3 atom stereocenters. The molecular formula is C37H35F3N7O5S+. The van der Waals surface area contributed by atoms with Crippen LogP contribution < -0.4 is 11.0 Å². The monoisotopic (exact) mass is 746 g/mol. The number of carbonyl (C=O) groups excluding carboxylic acids is 1. The lowest BCUT2D eigenvalue weighted by Crippen LogP contribution is -2.67. The minimum atomic E-state index is -4.69. The van der Waals surface area contributed by atoms with E-state index in [1.54, 1.807) is 48.5 Å². The topological polar surface area (TPSA) is 141 Å². The Kier molecular flexibility index (Phi) is 8.71. The van der Waals surface area contributed by atoms with Gasteiger partial charge in [0.15, 0.2) is 0 Å². The van der Waals surface area contributed by atoms with Gasteiger partial charge in [0.2, 0.25) is 5.72 Å². The second kappa shape index (κ2) is 12.9. The van der Waals surface area contributed by atoms with Gasteiger partial charge in [0.25, 0.3) is 0 Å². The molecule has 7 rings (SSSR count). The zero-order valence-corrected chi connectivity index (χ0v) is 29.7. The van der Waals surface area contributed by atoms with E-state index in [4.69, 9.17) is 4.18 Å². The van der Waals surface area contributed by atoms with Crippen LogP contribution in [0.3, 0.4) is 0 Å². The van der Waals surface area contributed by atoms with Crippen molar-refractivity contribution in [3.63, 3.8) is 0 Å². The van der Waals surface area contributed by atoms with Gasteiger partial charge in [0.05, 0.1) is 77.6 Å². The van der Waals surface area contributed by atoms with Gasteiger partial charge in [0.1, 0.15) is 5.69 Å². The molecule has 12 nitrogen and oxygen atoms in total. The molecule has 16 heteroatoms. The fourth-order valence-electron chi connectivity index (χ4n) is 7.80. The van der Waals surface area contributed by atoms with Crippen LogP contribution in [0.25, 0.3) is 22.8 Å². The molecule has 1 amide bonds. The van der Waals surface area contributed by atoms with Crippen molar-refractivity contribution < 1.29 is 35.0 Å². The van der Waals surface area contributed by atoms with Gasteiger partial charge in [-0.25, -0.2) is 23.0 Å². The van der Waals surface area contributed by atoms with Crippen molar-refractivity contribution in [3.8, 4) is 28.8 Å². The van der Waals surface area contributed by atoms with Gasteiger partial charge < -0.3 is 5.32 Å². The third kappa shape index (κ3) is 6.14. The van der Waals surface area contributed by atoms with Gasteiger partial charge in [0, 0.05) is 25.3 Å². The number of fused-ring (bicyclic) bond motifs is 2. The number of alkyl halides is 3. The normalized spacial score (nSPS) is 20.9. The summed E-state index contributed by atoms with van der Waals surface area (Å²) in [7, 11) is -0.390. The number of quaternary nitrogens is 1. The second-order valence-electron chi connectivity index (χ2n) is 13.8. The second-order valence-corrected chi connectivity index (χ2v) is 15.4. The molecule has 2 aromatic heterocycles. The number of aromatic nitrogens is 4. The lowest BCUT2D eigenvalue weighted by Gasteiger charge is -2.50. The van der Waals surface area contributed by atoms with Crippen LogP contribution in [0.5, 0.6) is 0 Å². The standard InChI is InChI=1S/C37H34F3N7O5S/c1-24-33(32-17-19-42-46(32)28-14-12-25(23-41)13-15-28)45(35(49)44(24)29-9-7-8-26(20-29)37(38,39)40)34(48)43-27-21-30-16-18-36(22-27,47(30,2)3)52-53(50,51)31-10-5-4-6-11-31/h4-15,17,19-20,27,30H,16,18,21-22H2,1-3H3/p+1/t27-,30-,36+/m0/s1. The molecular weight excluding hydrogens is 712 g/mol. The van der Waals surface area contributed by atoms with Crippen LogP contribution in [-0.4, -0.2) is 69.8 Å². The zero-order valence-electron chi connectivity index (χ0n) is 28.9. The molecule has 5 aromatic rings. The van der Waals surface area contributed by atoms with Gasteiger partial charge in [-0.05, 0) is 67.6 Å². The number of nitrogens with one attached hydrogen (secondary N) is 1. The Hall–Kier alpha value is -5.50. The summed E-state index contributed by atoms with van der Waals surface area (Å²) in [6, 6.07) is 20.5. The fraction of sp³-hybridized carbons (Fsp3) is 0.297. The van der Waals surface area contributed by atoms with Crippen LogP contribution in [0.2, 0.25) is 0 Å². The Morgan fingerprint density at radius 1 is 1.04 bits per heavy atom. The number of halogens is 3. The van der Waals surface area contributed by atoms with Gasteiger partial charge in [-0.15, -0.1) is 0 Å². The lowest BCUT2D eigenvalue weighted by atomic mass is 9.93. The van der Waals surface area contributed by atoms with Crippen LogP contribution in [-0.2, 0) is 20.5 Å². The van der Waals surface area contributed by atoms with Gasteiger partial charge >= 0.3 is 28.0 Å². The molecule has 0 saturated carbocycles. The summed E-state index contributed by atoms with van der Waals surface area (Å²) in [5.41, 5.74) is -1.82. The fourth-order valence-corrected chi connectivity index (χ4v) is 9.14. The van der Waals surface area contributed by atoms with Gasteiger partial charge in [-0.1, -0.05) is 24.3 Å². The number of carbonyl (C=O) groups is 1. The quantitative estimate of drug-likeness (QED) is 0.165. The van der Waals surface area contributed by atoms with Crippen molar-refractivity contribution in [2.75, 3.05) is 14.1 Å². The van der Waals surface area contributed by atoms with Gasteiger partial charge in [-0.2, -0.15) is 31.9 Å². The largest absolute Gasteiger partial charge is 0.416 e. The highest BCUT2D eigenvalue weighted by Gasteiger charge is 2.63. The number of hydrogen-bond donors (Lipinski definition) is 1. The average Bonchev–Trinajstić information content (AvgIpc) is 3.71. The number of piperidine rings is 1. The van der Waals surface area contributed by atoms with E-state index in [0.717, 1.165) is 21.3 Å². The van der Waals surface area contributed by atoms with Crippen LogP contribution in [0.4, 0.5) is 18.0 Å². The highest BCUT2D eigenvalue weighted by molar-refractivity contribution is 7.86. The van der Waals surface area contributed by atoms with Crippen molar-refractivity contribution in [2.24, 2.45) is 0 Å². The predicted octanol–water partition coefficient (Wildman–Crippen LogP) is 5.75. The van der Waals surface area contributed by atoms with E-state index in [-0.39, 0.29) is 44.6 Å². The molecule has 3 aromatic carbocycles. The molecule has 0 spiro atoms. The SMILES string of the molecule is Cc1c(-c2ccnn2-c2ccc(C#N)cc2)n(C(=O)N[C@H]2C[C@@H]3CC[C@@](OS(=O)(=O)c4ccccc4)(C2)[N+]3(C)C)c(=O)n1-c1cccc(C(F)(F)F)c1. The summed E-state index contributed by atoms with van der Waals surface area (Å²) in [5.74, 6) is 0. The van der Waals surface area contributed by atoms with E-state index in [1.165, 1.54) is 42.1 Å². The Labute approximate surface area is 303 Å². The first-order valence-corrected chi connectivity index (χ1v) is 18.2. The predicted molar refractivity (Wildman–Crippen MR) is 187 cm³/mol. The van der Waals surface area contributed by atoms with E-state index < -0.39 is 45.3 Å². The first kappa shape index (κ1) is 35.9. The number of rotatable bonds is 7. The van der Waals surface area contributed by atoms with E-state index >= 15 is 0 Å². The van der Waals surface area contributed by atoms with E-state index in [0.29, 0.717) is 30.5 Å². The Morgan fingerprint density at radius 3 is 2.43 bits per heavy atom. The number of imidazole rings is 1. The van der Waals surface area contributed by atoms with E-state index in [2.05, 4.69) is 10.4 Å². The maximum absolute atomic E-state index is 14.4. The Bertz CT molecular complexity index is 2430. The molecule has 0 radical (unpaired) electrons. The Balaban J connectivity index is 1.31. The zero-order chi connectivity index (χ0) is 37.9. The maximum atomic E-state index is 14.4. The average molecular weight is 747 g/mol. The van der Waals surface area contributed by atoms with Crippen molar-refractivity contribution in [3.05, 3.63) is 118 Å². The summed E-state index contributed by atoms with van der Waals surface area (Å²) in [6.07, 6.45) is -1.64. The first-order chi connectivity index (χ1) is 25.1. The molecule has 2 bridgehead atoms. The van der Waals surface area contributed by atoms with Crippen LogP contribution in [0.1, 0.15) is 42.5 Å². The summed E-state index contributed by atoms with van der Waals surface area (Å²) in [4.78, 5) is 28.8. The number of hydrogen-bond acceptors (Lipinski definition) is 7. The molecule has 2 saturated heterocycles. The number of amides is 1. The molecule has 2 aliphatic rings. The maximum Gasteiger partial charge on any atom is 0.416 e. The van der Waals surface area contributed by atoms with E-state index in [1.807, 2.05) is 20.2 Å². The minimum absolute atomic E-state index is 0.00506. The number of benzene rings is 3. The van der Waals surface area contributed by atoms with Crippen molar-refractivity contribution >= 4 is 16.1 Å². The third-order valence-electron chi connectivity index (χ3n) is 10.6. The number of nitriles is 1. The molecule has 2 fully saturated rings. The molecule has 0 aliphatic carbocycles. The van der Waals surface area contributed by atoms with Gasteiger partial charge in [-0.3, -0.25) is 9.05 Å². The molecule has 1 N–H and O–H groups in total. The third-order valence-corrected chi connectivity index (χ3v) is 12.0. The first-order valence-electron chi connectivity index (χ1n) is 16.8. The summed E-state index contributed by atoms with van der Waals surface area (Å²) in [6.45, 7) is 1.52. The molecule has 4 heterocycles. The lowest BCUT2D eigenvalue weighted by molar-refractivity contribution is -0.976. The van der Waals surface area contributed by atoms with Crippen molar-refractivity contribution in [1.82, 2.24) is 24.2 Å². The minimum Gasteiger partial charge on any atom is -0.334 e. The summed E-state index contributed by atoms with van der Waals surface area (Å²) >= 11 is 0. The number of nitrogens with zero attached hydrogens (tertiary/aromatic N) is 6. The van der Waals surface area contributed by atoms with E-state index in [9.17, 15) is 36.4 Å². The highest BCUT2D eigenvalue weighted by Crippen LogP contribution is 2.50. The van der Waals surface area contributed by atoms with Crippen molar-refractivity contribution in [1.29, 1.82) is 5.26 Å².